The minimum atomic E-state index is -4.21. The molecule has 0 heterocycles. The third kappa shape index (κ3) is 7.53. The molecular weight excluding hydrogens is 279 g/mol. The van der Waals surface area contributed by atoms with E-state index in [1.807, 2.05) is 6.92 Å². The average Bonchev–Trinajstić information content (AvgIpc) is 1.78. The van der Waals surface area contributed by atoms with Crippen LogP contribution in [-0.4, -0.2) is 17.2 Å². The molecule has 0 aliphatic carbocycles. The first kappa shape index (κ1) is 12.9. The van der Waals surface area contributed by atoms with E-state index < -0.39 is 22.5 Å². The van der Waals surface area contributed by atoms with Crippen LogP contribution in [0.15, 0.2) is 0 Å². The zero-order chi connectivity index (χ0) is 9.83. The molecule has 0 atom stereocenters. The fourth-order valence-electron chi connectivity index (χ4n) is 0.667. The van der Waals surface area contributed by atoms with Gasteiger partial charge in [-0.05, 0) is 0 Å². The molecule has 0 radical (unpaired) electrons. The molecule has 0 bridgehead atoms. The number of hydrogen-bond donors (Lipinski definition) is 0. The Bertz CT molecular complexity index is 135. The molecule has 0 aromatic rings. The summed E-state index contributed by atoms with van der Waals surface area (Å²) >= 11 is -3.21. The Hall–Kier alpha value is 0.889. The predicted octanol–water partition coefficient (Wildman–Crippen LogP) is 4.27. The van der Waals surface area contributed by atoms with E-state index in [-0.39, 0.29) is 0 Å². The Labute approximate surface area is 81.1 Å². The van der Waals surface area contributed by atoms with E-state index in [1.165, 1.54) is 0 Å². The Morgan fingerprint density at radius 2 is 1.75 bits per heavy atom. The summed E-state index contributed by atoms with van der Waals surface area (Å²) in [5.74, 6) is 0. The predicted molar refractivity (Wildman–Crippen MR) is 48.0 cm³/mol. The molecule has 6 heteroatoms. The van der Waals surface area contributed by atoms with Gasteiger partial charge in [0.1, 0.15) is 0 Å². The zero-order valence-electron chi connectivity index (χ0n) is 6.63. The van der Waals surface area contributed by atoms with Crippen LogP contribution in [0.2, 0.25) is 10.6 Å². The molecule has 76 valence electrons. The first-order valence-electron chi connectivity index (χ1n) is 3.51. The van der Waals surface area contributed by atoms with E-state index in [1.54, 1.807) is 0 Å². The van der Waals surface area contributed by atoms with Crippen LogP contribution in [0.1, 0.15) is 19.8 Å². The Balaban J connectivity index is 3.86. The molecule has 0 rings (SSSR count). The molecule has 0 aliphatic heterocycles. The van der Waals surface area contributed by atoms with Crippen LogP contribution in [0.4, 0.5) is 13.2 Å². The van der Waals surface area contributed by atoms with Gasteiger partial charge in [-0.2, -0.15) is 0 Å². The second-order valence-electron chi connectivity index (χ2n) is 2.52. The van der Waals surface area contributed by atoms with Gasteiger partial charge in [-0.25, -0.2) is 0 Å². The third-order valence-corrected chi connectivity index (χ3v) is 7.34. The average molecular weight is 290 g/mol. The van der Waals surface area contributed by atoms with Gasteiger partial charge in [0.2, 0.25) is 0 Å². The fraction of sp³-hybridized carbons (Fsp3) is 1.00. The number of hydrogen-bond acceptors (Lipinski definition) is 0. The van der Waals surface area contributed by atoms with Crippen molar-refractivity contribution in [1.82, 2.24) is 0 Å². The van der Waals surface area contributed by atoms with Crippen molar-refractivity contribution in [3.8, 4) is 0 Å². The molecule has 0 amide bonds. The van der Waals surface area contributed by atoms with Gasteiger partial charge >= 0.3 is 81.0 Å². The van der Waals surface area contributed by atoms with E-state index in [2.05, 4.69) is 0 Å². The standard InChI is InChI=1S/C6H11Cl2F3Se/c1-2-3-4-12(7,8)5-6(9,10)11/h2-5H2,1H3. The first-order valence-corrected chi connectivity index (χ1v) is 10.4. The van der Waals surface area contributed by atoms with Crippen LogP contribution in [-0.2, 0) is 0 Å². The molecule has 0 spiro atoms. The molecule has 0 saturated carbocycles. The van der Waals surface area contributed by atoms with E-state index >= 15 is 0 Å². The van der Waals surface area contributed by atoms with Crippen molar-refractivity contribution in [2.75, 3.05) is 0 Å². The molecule has 0 aliphatic rings. The molecule has 0 aromatic carbocycles. The maximum absolute atomic E-state index is 11.8. The zero-order valence-corrected chi connectivity index (χ0v) is 9.85. The molecular formula is C6H11Cl2F3Se. The summed E-state index contributed by atoms with van der Waals surface area (Å²) in [5.41, 5.74) is 0. The van der Waals surface area contributed by atoms with Crippen LogP contribution < -0.4 is 0 Å². The number of unbranched alkanes of at least 4 members (excludes halogenated alkanes) is 1. The van der Waals surface area contributed by atoms with Gasteiger partial charge in [0, 0.05) is 0 Å². The number of halogens is 5. The second kappa shape index (κ2) is 4.94. The van der Waals surface area contributed by atoms with Crippen LogP contribution in [0.5, 0.6) is 0 Å². The summed E-state index contributed by atoms with van der Waals surface area (Å²) in [6.45, 7) is 1.90. The first-order chi connectivity index (χ1) is 5.27. The molecule has 0 unspecified atom stereocenters. The van der Waals surface area contributed by atoms with Crippen molar-refractivity contribution in [1.29, 1.82) is 0 Å². The van der Waals surface area contributed by atoms with Crippen molar-refractivity contribution in [3.63, 3.8) is 0 Å². The molecule has 0 saturated heterocycles. The van der Waals surface area contributed by atoms with E-state index in [0.29, 0.717) is 11.7 Å². The normalized spacial score (nSPS) is 14.8. The van der Waals surface area contributed by atoms with Crippen molar-refractivity contribution >= 4 is 31.2 Å². The summed E-state index contributed by atoms with van der Waals surface area (Å²) in [5, 5.41) is -0.637. The number of rotatable bonds is 4. The van der Waals surface area contributed by atoms with Gasteiger partial charge in [-0.3, -0.25) is 0 Å². The Kier molecular flexibility index (Phi) is 5.31. The summed E-state index contributed by atoms with van der Waals surface area (Å²) in [6.07, 6.45) is -2.70. The van der Waals surface area contributed by atoms with Gasteiger partial charge in [-0.15, -0.1) is 0 Å². The Morgan fingerprint density at radius 1 is 1.25 bits per heavy atom. The third-order valence-electron chi connectivity index (χ3n) is 1.17. The van der Waals surface area contributed by atoms with Gasteiger partial charge in [-0.1, -0.05) is 0 Å². The summed E-state index contributed by atoms with van der Waals surface area (Å²) in [4.78, 5) is 0. The monoisotopic (exact) mass is 290 g/mol. The quantitative estimate of drug-likeness (QED) is 0.678. The molecule has 12 heavy (non-hydrogen) atoms. The minimum absolute atomic E-state index is 0.343. The fourth-order valence-corrected chi connectivity index (χ4v) is 5.89. The van der Waals surface area contributed by atoms with Crippen LogP contribution in [0, 0.1) is 0 Å². The summed E-state index contributed by atoms with van der Waals surface area (Å²) in [7, 11) is 11.2. The van der Waals surface area contributed by atoms with E-state index in [0.717, 1.165) is 6.42 Å². The topological polar surface area (TPSA) is 0 Å². The van der Waals surface area contributed by atoms with Crippen molar-refractivity contribution in [2.45, 2.75) is 36.6 Å². The molecule has 0 fully saturated rings. The molecule has 0 aromatic heterocycles. The van der Waals surface area contributed by atoms with Gasteiger partial charge in [0.15, 0.2) is 0 Å². The van der Waals surface area contributed by atoms with Crippen molar-refractivity contribution in [3.05, 3.63) is 0 Å². The van der Waals surface area contributed by atoms with Gasteiger partial charge in [0.25, 0.3) is 0 Å². The van der Waals surface area contributed by atoms with Gasteiger partial charge < -0.3 is 0 Å². The summed E-state index contributed by atoms with van der Waals surface area (Å²) < 4.78 is 35.5. The maximum atomic E-state index is 11.8. The van der Waals surface area contributed by atoms with Crippen molar-refractivity contribution in [2.24, 2.45) is 0 Å². The van der Waals surface area contributed by atoms with E-state index in [4.69, 9.17) is 20.2 Å². The van der Waals surface area contributed by atoms with Crippen molar-refractivity contribution < 1.29 is 13.2 Å². The van der Waals surface area contributed by atoms with E-state index in [9.17, 15) is 13.2 Å². The van der Waals surface area contributed by atoms with Crippen LogP contribution in [0.25, 0.3) is 0 Å². The summed E-state index contributed by atoms with van der Waals surface area (Å²) in [6, 6.07) is 0. The van der Waals surface area contributed by atoms with Crippen LogP contribution in [0.3, 0.4) is 0 Å². The SMILES string of the molecule is CCCC[Se](Cl)(Cl)CC(F)(F)F. The number of alkyl halides is 3. The Morgan fingerprint density at radius 3 is 2.08 bits per heavy atom. The van der Waals surface area contributed by atoms with Gasteiger partial charge in [0.05, 0.1) is 0 Å². The second-order valence-corrected chi connectivity index (χ2v) is 13.9. The molecule has 0 N–H and O–H groups in total. The molecule has 0 nitrogen and oxygen atoms in total. The van der Waals surface area contributed by atoms with Crippen LogP contribution >= 0.6 is 20.2 Å².